The zero-order valence-corrected chi connectivity index (χ0v) is 17.7. The first kappa shape index (κ1) is 20.6. The van der Waals surface area contributed by atoms with Crippen LogP contribution in [0.3, 0.4) is 0 Å². The molecule has 2 aromatic carbocycles. The summed E-state index contributed by atoms with van der Waals surface area (Å²) in [6, 6.07) is 8.87. The Labute approximate surface area is 172 Å². The van der Waals surface area contributed by atoms with Crippen molar-refractivity contribution in [3.05, 3.63) is 52.0 Å². The van der Waals surface area contributed by atoms with Gasteiger partial charge in [0.1, 0.15) is 0 Å². The van der Waals surface area contributed by atoms with E-state index < -0.39 is 15.9 Å². The number of sulfonamides is 1. The highest BCUT2D eigenvalue weighted by atomic mass is 35.5. The lowest BCUT2D eigenvalue weighted by Crippen LogP contribution is -2.30. The van der Waals surface area contributed by atoms with Crippen molar-refractivity contribution in [3.8, 4) is 0 Å². The standard InChI is InChI=1S/C18H18Cl2N4O3S/c1-10(2)23-28(26,27)12-5-6-14(20)13(9-12)17(25)22-18-21-15-8-11(19)4-7-16(15)24(18)3/h4-10,23H,1-3H3,(H,21,22,25). The van der Waals surface area contributed by atoms with E-state index in [2.05, 4.69) is 15.0 Å². The number of aromatic nitrogens is 2. The zero-order chi connectivity index (χ0) is 20.6. The Morgan fingerprint density at radius 2 is 1.86 bits per heavy atom. The summed E-state index contributed by atoms with van der Waals surface area (Å²) >= 11 is 12.1. The van der Waals surface area contributed by atoms with Gasteiger partial charge in [-0.25, -0.2) is 18.1 Å². The maximum absolute atomic E-state index is 12.7. The second kappa shape index (κ2) is 7.71. The summed E-state index contributed by atoms with van der Waals surface area (Å²) < 4.78 is 28.9. The quantitative estimate of drug-likeness (QED) is 0.630. The van der Waals surface area contributed by atoms with E-state index in [1.165, 1.54) is 18.2 Å². The largest absolute Gasteiger partial charge is 0.313 e. The Morgan fingerprint density at radius 1 is 1.14 bits per heavy atom. The molecule has 1 aromatic heterocycles. The third-order valence-corrected chi connectivity index (χ3v) is 6.17. The van der Waals surface area contributed by atoms with Gasteiger partial charge in [0.2, 0.25) is 16.0 Å². The minimum Gasteiger partial charge on any atom is -0.313 e. The molecular formula is C18H18Cl2N4O3S. The summed E-state index contributed by atoms with van der Waals surface area (Å²) in [5, 5.41) is 3.32. The Kier molecular flexibility index (Phi) is 5.67. The number of benzene rings is 2. The lowest BCUT2D eigenvalue weighted by molar-refractivity contribution is 0.102. The van der Waals surface area contributed by atoms with Crippen LogP contribution in [0.15, 0.2) is 41.3 Å². The van der Waals surface area contributed by atoms with E-state index in [1.807, 2.05) is 0 Å². The molecule has 0 aliphatic carbocycles. The van der Waals surface area contributed by atoms with E-state index in [0.717, 1.165) is 5.52 Å². The number of imidazole rings is 1. The Balaban J connectivity index is 1.95. The van der Waals surface area contributed by atoms with Gasteiger partial charge in [-0.15, -0.1) is 0 Å². The molecule has 1 heterocycles. The van der Waals surface area contributed by atoms with Crippen LogP contribution in [-0.4, -0.2) is 29.9 Å². The van der Waals surface area contributed by atoms with Crippen LogP contribution in [0.4, 0.5) is 5.95 Å². The summed E-state index contributed by atoms with van der Waals surface area (Å²) in [7, 11) is -2.02. The molecule has 0 bridgehead atoms. The molecule has 10 heteroatoms. The molecule has 0 aliphatic heterocycles. The predicted octanol–water partition coefficient (Wildman–Crippen LogP) is 3.82. The van der Waals surface area contributed by atoms with Crippen molar-refractivity contribution in [2.45, 2.75) is 24.8 Å². The molecule has 0 saturated heterocycles. The van der Waals surface area contributed by atoms with Crippen LogP contribution in [0.25, 0.3) is 11.0 Å². The highest BCUT2D eigenvalue weighted by molar-refractivity contribution is 7.89. The Morgan fingerprint density at radius 3 is 2.54 bits per heavy atom. The highest BCUT2D eigenvalue weighted by Crippen LogP contribution is 2.24. The molecule has 0 unspecified atom stereocenters. The third-order valence-electron chi connectivity index (χ3n) is 3.95. The fourth-order valence-electron chi connectivity index (χ4n) is 2.68. The summed E-state index contributed by atoms with van der Waals surface area (Å²) in [5.41, 5.74) is 1.43. The number of rotatable bonds is 5. The van der Waals surface area contributed by atoms with Gasteiger partial charge in [0.15, 0.2) is 0 Å². The Hall–Kier alpha value is -2.13. The van der Waals surface area contributed by atoms with Crippen molar-refractivity contribution in [3.63, 3.8) is 0 Å². The average molecular weight is 441 g/mol. The van der Waals surface area contributed by atoms with Crippen LogP contribution in [0.5, 0.6) is 0 Å². The topological polar surface area (TPSA) is 93.1 Å². The van der Waals surface area contributed by atoms with Crippen molar-refractivity contribution < 1.29 is 13.2 Å². The van der Waals surface area contributed by atoms with Crippen LogP contribution in [0, 0.1) is 0 Å². The zero-order valence-electron chi connectivity index (χ0n) is 15.3. The number of hydrogen-bond acceptors (Lipinski definition) is 4. The Bertz CT molecular complexity index is 1170. The molecule has 3 rings (SSSR count). The van der Waals surface area contributed by atoms with E-state index in [4.69, 9.17) is 23.2 Å². The number of carbonyl (C=O) groups excluding carboxylic acids is 1. The molecule has 0 radical (unpaired) electrons. The first-order valence-corrected chi connectivity index (χ1v) is 10.6. The maximum Gasteiger partial charge on any atom is 0.259 e. The molecule has 148 valence electrons. The molecule has 0 fully saturated rings. The van der Waals surface area contributed by atoms with E-state index >= 15 is 0 Å². The van der Waals surface area contributed by atoms with Crippen molar-refractivity contribution in [2.75, 3.05) is 5.32 Å². The van der Waals surface area contributed by atoms with Gasteiger partial charge in [-0.2, -0.15) is 0 Å². The fraction of sp³-hybridized carbons (Fsp3) is 0.222. The SMILES string of the molecule is CC(C)NS(=O)(=O)c1ccc(Cl)c(C(=O)Nc2nc3cc(Cl)ccc3n2C)c1. The minimum absolute atomic E-state index is 0.0263. The van der Waals surface area contributed by atoms with Gasteiger partial charge in [-0.3, -0.25) is 10.1 Å². The lowest BCUT2D eigenvalue weighted by Gasteiger charge is -2.12. The molecule has 3 aromatic rings. The van der Waals surface area contributed by atoms with Crippen LogP contribution in [-0.2, 0) is 17.1 Å². The molecule has 0 atom stereocenters. The van der Waals surface area contributed by atoms with E-state index in [1.54, 1.807) is 43.7 Å². The lowest BCUT2D eigenvalue weighted by atomic mass is 10.2. The maximum atomic E-state index is 12.7. The smallest absolute Gasteiger partial charge is 0.259 e. The van der Waals surface area contributed by atoms with Crippen LogP contribution in [0.2, 0.25) is 10.0 Å². The first-order valence-electron chi connectivity index (χ1n) is 8.33. The van der Waals surface area contributed by atoms with Gasteiger partial charge < -0.3 is 4.57 Å². The average Bonchev–Trinajstić information content (AvgIpc) is 2.88. The van der Waals surface area contributed by atoms with E-state index in [0.29, 0.717) is 10.5 Å². The summed E-state index contributed by atoms with van der Waals surface area (Å²) in [6.07, 6.45) is 0. The van der Waals surface area contributed by atoms with E-state index in [-0.39, 0.29) is 27.5 Å². The second-order valence-corrected chi connectivity index (χ2v) is 9.06. The van der Waals surface area contributed by atoms with Gasteiger partial charge in [0.05, 0.1) is 26.5 Å². The molecule has 7 nitrogen and oxygen atoms in total. The van der Waals surface area contributed by atoms with Crippen LogP contribution < -0.4 is 10.0 Å². The monoisotopic (exact) mass is 440 g/mol. The molecule has 28 heavy (non-hydrogen) atoms. The van der Waals surface area contributed by atoms with Gasteiger partial charge in [0.25, 0.3) is 5.91 Å². The van der Waals surface area contributed by atoms with Gasteiger partial charge in [-0.05, 0) is 50.2 Å². The number of fused-ring (bicyclic) bond motifs is 1. The van der Waals surface area contributed by atoms with Crippen molar-refractivity contribution in [2.24, 2.45) is 7.05 Å². The highest BCUT2D eigenvalue weighted by Gasteiger charge is 2.21. The second-order valence-electron chi connectivity index (χ2n) is 6.50. The molecule has 2 N–H and O–H groups in total. The number of halogens is 2. The number of carbonyl (C=O) groups is 1. The molecule has 0 spiro atoms. The number of nitrogens with one attached hydrogen (secondary N) is 2. The first-order chi connectivity index (χ1) is 13.1. The van der Waals surface area contributed by atoms with Gasteiger partial charge >= 0.3 is 0 Å². The van der Waals surface area contributed by atoms with Crippen LogP contribution in [0.1, 0.15) is 24.2 Å². The molecular weight excluding hydrogens is 423 g/mol. The van der Waals surface area contributed by atoms with Crippen molar-refractivity contribution >= 4 is 56.1 Å². The number of hydrogen-bond donors (Lipinski definition) is 2. The van der Waals surface area contributed by atoms with Crippen LogP contribution >= 0.6 is 23.2 Å². The fourth-order valence-corrected chi connectivity index (χ4v) is 4.32. The summed E-state index contributed by atoms with van der Waals surface area (Å²) in [6.45, 7) is 3.41. The predicted molar refractivity (Wildman–Crippen MR) is 111 cm³/mol. The number of amides is 1. The molecule has 0 saturated carbocycles. The summed E-state index contributed by atoms with van der Waals surface area (Å²) in [5.74, 6) is -0.289. The number of aryl methyl sites for hydroxylation is 1. The minimum atomic E-state index is -3.76. The van der Waals surface area contributed by atoms with Crippen molar-refractivity contribution in [1.29, 1.82) is 0 Å². The number of anilines is 1. The van der Waals surface area contributed by atoms with E-state index in [9.17, 15) is 13.2 Å². The summed E-state index contributed by atoms with van der Waals surface area (Å²) in [4.78, 5) is 17.0. The molecule has 0 aliphatic rings. The number of nitrogens with zero attached hydrogens (tertiary/aromatic N) is 2. The van der Waals surface area contributed by atoms with Crippen molar-refractivity contribution in [1.82, 2.24) is 14.3 Å². The third kappa shape index (κ3) is 4.15. The molecule has 1 amide bonds. The van der Waals surface area contributed by atoms with Gasteiger partial charge in [0, 0.05) is 18.1 Å². The normalized spacial score (nSPS) is 11.9. The van der Waals surface area contributed by atoms with Gasteiger partial charge in [-0.1, -0.05) is 23.2 Å².